The first-order valence-corrected chi connectivity index (χ1v) is 4.48. The summed E-state index contributed by atoms with van der Waals surface area (Å²) in [5, 5.41) is 3.61. The molecule has 1 nitrogen and oxygen atoms in total. The first-order valence-electron chi connectivity index (χ1n) is 4.04. The quantitative estimate of drug-likeness (QED) is 0.614. The highest BCUT2D eigenvalue weighted by molar-refractivity contribution is 6.20. The zero-order valence-corrected chi connectivity index (χ0v) is 7.91. The van der Waals surface area contributed by atoms with E-state index in [1.165, 1.54) is 6.42 Å². The van der Waals surface area contributed by atoms with Crippen molar-refractivity contribution in [3.63, 3.8) is 0 Å². The molecule has 0 aliphatic carbocycles. The largest absolute Gasteiger partial charge is 0.313 e. The van der Waals surface area contributed by atoms with Crippen molar-refractivity contribution in [2.45, 2.75) is 45.0 Å². The fourth-order valence-corrected chi connectivity index (χ4v) is 1.09. The Hall–Kier alpha value is 0.250. The molecular formula is C8H18ClN. The van der Waals surface area contributed by atoms with E-state index in [2.05, 4.69) is 26.1 Å². The molecule has 0 saturated heterocycles. The molecule has 0 saturated carbocycles. The maximum atomic E-state index is 5.96. The number of nitrogens with one attached hydrogen (secondary N) is 1. The summed E-state index contributed by atoms with van der Waals surface area (Å²) in [5.41, 5.74) is 0. The van der Waals surface area contributed by atoms with Crippen LogP contribution in [0.4, 0.5) is 0 Å². The Balaban J connectivity index is 3.12. The van der Waals surface area contributed by atoms with Crippen LogP contribution in [0, 0.1) is 0 Å². The summed E-state index contributed by atoms with van der Waals surface area (Å²) in [4.78, 5) is 0. The molecule has 0 aromatic rings. The number of rotatable bonds is 5. The predicted molar refractivity (Wildman–Crippen MR) is 47.7 cm³/mol. The van der Waals surface area contributed by atoms with E-state index in [0.717, 1.165) is 13.0 Å². The average Bonchev–Trinajstić information content (AvgIpc) is 1.85. The Kier molecular flexibility index (Phi) is 6.14. The second-order valence-corrected chi connectivity index (χ2v) is 3.57. The highest BCUT2D eigenvalue weighted by Gasteiger charge is 2.02. The molecular weight excluding hydrogens is 146 g/mol. The SMILES string of the molecule is CCCC(Cl)CNC(C)C. The molecule has 0 radical (unpaired) electrons. The molecule has 0 aromatic carbocycles. The lowest BCUT2D eigenvalue weighted by molar-refractivity contribution is 0.559. The van der Waals surface area contributed by atoms with Crippen molar-refractivity contribution in [1.82, 2.24) is 5.32 Å². The van der Waals surface area contributed by atoms with Crippen LogP contribution in [0.25, 0.3) is 0 Å². The Bertz CT molecular complexity index is 73.7. The van der Waals surface area contributed by atoms with Gasteiger partial charge in [-0.25, -0.2) is 0 Å². The summed E-state index contributed by atoms with van der Waals surface area (Å²) in [6, 6.07) is 0.554. The van der Waals surface area contributed by atoms with Crippen LogP contribution in [-0.2, 0) is 0 Å². The van der Waals surface area contributed by atoms with E-state index >= 15 is 0 Å². The van der Waals surface area contributed by atoms with Crippen LogP contribution in [0.2, 0.25) is 0 Å². The molecule has 1 atom stereocenters. The van der Waals surface area contributed by atoms with Gasteiger partial charge in [0.25, 0.3) is 0 Å². The van der Waals surface area contributed by atoms with Crippen LogP contribution >= 0.6 is 11.6 Å². The van der Waals surface area contributed by atoms with E-state index in [9.17, 15) is 0 Å². The van der Waals surface area contributed by atoms with Gasteiger partial charge in [-0.15, -0.1) is 11.6 Å². The minimum atomic E-state index is 0.312. The minimum absolute atomic E-state index is 0.312. The van der Waals surface area contributed by atoms with Crippen molar-refractivity contribution < 1.29 is 0 Å². The van der Waals surface area contributed by atoms with E-state index in [4.69, 9.17) is 11.6 Å². The molecule has 62 valence electrons. The summed E-state index contributed by atoms with van der Waals surface area (Å²) in [6.45, 7) is 7.36. The van der Waals surface area contributed by atoms with Crippen molar-refractivity contribution in [3.8, 4) is 0 Å². The molecule has 0 aliphatic rings. The third-order valence-corrected chi connectivity index (χ3v) is 1.72. The summed E-state index contributed by atoms with van der Waals surface area (Å²) in [5.74, 6) is 0. The third-order valence-electron chi connectivity index (χ3n) is 1.35. The van der Waals surface area contributed by atoms with Crippen LogP contribution in [0.15, 0.2) is 0 Å². The average molecular weight is 164 g/mol. The highest BCUT2D eigenvalue weighted by Crippen LogP contribution is 2.03. The molecule has 0 spiro atoms. The Morgan fingerprint density at radius 1 is 1.40 bits per heavy atom. The summed E-state index contributed by atoms with van der Waals surface area (Å²) in [6.07, 6.45) is 2.29. The van der Waals surface area contributed by atoms with Crippen molar-refractivity contribution in [1.29, 1.82) is 0 Å². The van der Waals surface area contributed by atoms with Gasteiger partial charge in [0.2, 0.25) is 0 Å². The molecule has 0 aromatic heterocycles. The highest BCUT2D eigenvalue weighted by atomic mass is 35.5. The summed E-state index contributed by atoms with van der Waals surface area (Å²) < 4.78 is 0. The third kappa shape index (κ3) is 6.37. The normalized spacial score (nSPS) is 14.1. The van der Waals surface area contributed by atoms with E-state index in [-0.39, 0.29) is 0 Å². The van der Waals surface area contributed by atoms with Crippen LogP contribution in [0.3, 0.4) is 0 Å². The van der Waals surface area contributed by atoms with Gasteiger partial charge >= 0.3 is 0 Å². The fourth-order valence-electron chi connectivity index (χ4n) is 0.779. The van der Waals surface area contributed by atoms with E-state index in [1.807, 2.05) is 0 Å². The number of alkyl halides is 1. The van der Waals surface area contributed by atoms with Crippen LogP contribution in [0.1, 0.15) is 33.6 Å². The van der Waals surface area contributed by atoms with E-state index in [1.54, 1.807) is 0 Å². The van der Waals surface area contributed by atoms with E-state index in [0.29, 0.717) is 11.4 Å². The second-order valence-electron chi connectivity index (χ2n) is 2.95. The standard InChI is InChI=1S/C8H18ClN/c1-4-5-8(9)6-10-7(2)3/h7-8,10H,4-6H2,1-3H3. The topological polar surface area (TPSA) is 12.0 Å². The van der Waals surface area contributed by atoms with E-state index < -0.39 is 0 Å². The van der Waals surface area contributed by atoms with Gasteiger partial charge in [0.15, 0.2) is 0 Å². The molecule has 0 rings (SSSR count). The Morgan fingerprint density at radius 2 is 2.00 bits per heavy atom. The van der Waals surface area contributed by atoms with Gasteiger partial charge in [-0.2, -0.15) is 0 Å². The second kappa shape index (κ2) is 5.99. The van der Waals surface area contributed by atoms with Crippen LogP contribution in [-0.4, -0.2) is 18.0 Å². The van der Waals surface area contributed by atoms with Crippen molar-refractivity contribution in [2.24, 2.45) is 0 Å². The molecule has 0 aliphatic heterocycles. The van der Waals surface area contributed by atoms with Gasteiger partial charge in [0, 0.05) is 18.0 Å². The van der Waals surface area contributed by atoms with Gasteiger partial charge in [-0.3, -0.25) is 0 Å². The number of hydrogen-bond acceptors (Lipinski definition) is 1. The lowest BCUT2D eigenvalue weighted by Gasteiger charge is -2.11. The van der Waals surface area contributed by atoms with Gasteiger partial charge in [0.05, 0.1) is 0 Å². The fraction of sp³-hybridized carbons (Fsp3) is 1.00. The predicted octanol–water partition coefficient (Wildman–Crippen LogP) is 2.39. The van der Waals surface area contributed by atoms with Crippen LogP contribution in [0.5, 0.6) is 0 Å². The zero-order chi connectivity index (χ0) is 7.98. The van der Waals surface area contributed by atoms with Gasteiger partial charge in [0.1, 0.15) is 0 Å². The first kappa shape index (κ1) is 10.2. The molecule has 1 N–H and O–H groups in total. The van der Waals surface area contributed by atoms with Crippen molar-refractivity contribution in [2.75, 3.05) is 6.54 Å². The Labute approximate surface area is 69.1 Å². The van der Waals surface area contributed by atoms with Crippen molar-refractivity contribution in [3.05, 3.63) is 0 Å². The first-order chi connectivity index (χ1) is 4.66. The lowest BCUT2D eigenvalue weighted by atomic mass is 10.2. The molecule has 2 heteroatoms. The van der Waals surface area contributed by atoms with Gasteiger partial charge in [-0.05, 0) is 6.42 Å². The molecule has 10 heavy (non-hydrogen) atoms. The van der Waals surface area contributed by atoms with Crippen LogP contribution < -0.4 is 5.32 Å². The zero-order valence-electron chi connectivity index (χ0n) is 7.15. The Morgan fingerprint density at radius 3 is 2.40 bits per heavy atom. The molecule has 0 amide bonds. The van der Waals surface area contributed by atoms with Gasteiger partial charge in [-0.1, -0.05) is 27.2 Å². The molecule has 0 fully saturated rings. The maximum Gasteiger partial charge on any atom is 0.0460 e. The molecule has 1 unspecified atom stereocenters. The lowest BCUT2D eigenvalue weighted by Crippen LogP contribution is -2.29. The molecule has 0 heterocycles. The maximum absolute atomic E-state index is 5.96. The minimum Gasteiger partial charge on any atom is -0.313 e. The molecule has 0 bridgehead atoms. The van der Waals surface area contributed by atoms with Crippen molar-refractivity contribution >= 4 is 11.6 Å². The van der Waals surface area contributed by atoms with Gasteiger partial charge < -0.3 is 5.32 Å². The number of halogens is 1. The smallest absolute Gasteiger partial charge is 0.0460 e. The summed E-state index contributed by atoms with van der Waals surface area (Å²) >= 11 is 5.96. The monoisotopic (exact) mass is 163 g/mol. The summed E-state index contributed by atoms with van der Waals surface area (Å²) in [7, 11) is 0. The number of hydrogen-bond donors (Lipinski definition) is 1.